The van der Waals surface area contributed by atoms with Crippen LogP contribution < -0.4 is 16.6 Å². The molecule has 0 bridgehead atoms. The van der Waals surface area contributed by atoms with Gasteiger partial charge in [0.05, 0.1) is 6.20 Å². The van der Waals surface area contributed by atoms with Gasteiger partial charge in [-0.15, -0.1) is 5.10 Å². The number of nitrogen functional groups attached to an aromatic ring is 1. The predicted octanol–water partition coefficient (Wildman–Crippen LogP) is 0.461. The Hall–Kier alpha value is -2.15. The van der Waals surface area contributed by atoms with Gasteiger partial charge in [-0.25, -0.2) is 10.8 Å². The maximum Gasteiger partial charge on any atom is 0.141 e. The average molecular weight is 233 g/mol. The molecule has 2 rings (SSSR count). The molecule has 0 aliphatic rings. The number of hydrazine groups is 1. The highest BCUT2D eigenvalue weighted by atomic mass is 15.4. The van der Waals surface area contributed by atoms with Crippen LogP contribution in [0.5, 0.6) is 0 Å². The Kier molecular flexibility index (Phi) is 3.87. The number of hydrogen-bond acceptors (Lipinski definition) is 6. The van der Waals surface area contributed by atoms with Gasteiger partial charge in [-0.1, -0.05) is 5.21 Å². The summed E-state index contributed by atoms with van der Waals surface area (Å²) < 4.78 is 1.81. The topological polar surface area (TPSA) is 93.7 Å². The molecular weight excluding hydrogens is 218 g/mol. The summed E-state index contributed by atoms with van der Waals surface area (Å²) in [5, 5.41) is 10.9. The molecule has 2 aromatic heterocycles. The predicted molar refractivity (Wildman–Crippen MR) is 65.2 cm³/mol. The van der Waals surface area contributed by atoms with Gasteiger partial charge in [0, 0.05) is 37.2 Å². The summed E-state index contributed by atoms with van der Waals surface area (Å²) in [6, 6.07) is 3.76. The first-order valence-corrected chi connectivity index (χ1v) is 5.39. The first kappa shape index (κ1) is 11.3. The smallest absolute Gasteiger partial charge is 0.141 e. The molecule has 4 N–H and O–H groups in total. The Morgan fingerprint density at radius 2 is 2.29 bits per heavy atom. The first-order valence-electron chi connectivity index (χ1n) is 5.39. The van der Waals surface area contributed by atoms with Crippen LogP contribution in [0.4, 0.5) is 11.5 Å². The molecule has 0 aliphatic heterocycles. The maximum absolute atomic E-state index is 5.28. The van der Waals surface area contributed by atoms with Crippen LogP contribution in [0.25, 0.3) is 0 Å². The lowest BCUT2D eigenvalue weighted by molar-refractivity contribution is 0.570. The van der Waals surface area contributed by atoms with E-state index in [0.29, 0.717) is 5.82 Å². The minimum absolute atomic E-state index is 0.645. The zero-order valence-corrected chi connectivity index (χ0v) is 9.37. The standard InChI is InChI=1S/C10H15N7/c11-15-10-8-9(2-4-13-10)12-3-1-6-17-7-5-14-16-17/h2,4-5,7-8H,1,3,6,11H2,(H2,12,13,15). The Morgan fingerprint density at radius 1 is 1.35 bits per heavy atom. The number of nitrogens with one attached hydrogen (secondary N) is 2. The van der Waals surface area contributed by atoms with Crippen molar-refractivity contribution >= 4 is 11.5 Å². The molecule has 0 saturated carbocycles. The fourth-order valence-electron chi connectivity index (χ4n) is 1.45. The van der Waals surface area contributed by atoms with Gasteiger partial charge in [0.15, 0.2) is 0 Å². The highest BCUT2D eigenvalue weighted by Gasteiger charge is 1.95. The number of aromatic nitrogens is 4. The van der Waals surface area contributed by atoms with E-state index in [1.54, 1.807) is 17.1 Å². The summed E-state index contributed by atoms with van der Waals surface area (Å²) in [6.07, 6.45) is 6.20. The van der Waals surface area contributed by atoms with Gasteiger partial charge < -0.3 is 10.7 Å². The normalized spacial score (nSPS) is 10.2. The maximum atomic E-state index is 5.28. The summed E-state index contributed by atoms with van der Waals surface area (Å²) >= 11 is 0. The SMILES string of the molecule is NNc1cc(NCCCn2ccnn2)ccn1. The zero-order valence-electron chi connectivity index (χ0n) is 9.37. The van der Waals surface area contributed by atoms with E-state index in [9.17, 15) is 0 Å². The molecule has 0 atom stereocenters. The van der Waals surface area contributed by atoms with Gasteiger partial charge in [0.1, 0.15) is 5.82 Å². The van der Waals surface area contributed by atoms with Gasteiger partial charge in [0.25, 0.3) is 0 Å². The van der Waals surface area contributed by atoms with Crippen LogP contribution in [0.2, 0.25) is 0 Å². The monoisotopic (exact) mass is 233 g/mol. The summed E-state index contributed by atoms with van der Waals surface area (Å²) in [5.74, 6) is 5.92. The van der Waals surface area contributed by atoms with Crippen LogP contribution in [0.1, 0.15) is 6.42 Å². The number of pyridine rings is 1. The number of nitrogens with two attached hydrogens (primary N) is 1. The zero-order chi connectivity index (χ0) is 11.9. The van der Waals surface area contributed by atoms with E-state index in [1.165, 1.54) is 0 Å². The molecule has 2 heterocycles. The molecule has 0 fully saturated rings. The lowest BCUT2D eigenvalue weighted by Crippen LogP contribution is -2.10. The van der Waals surface area contributed by atoms with Gasteiger partial charge in [-0.3, -0.25) is 4.68 Å². The van der Waals surface area contributed by atoms with Crippen LogP contribution in [0.3, 0.4) is 0 Å². The molecule has 0 amide bonds. The number of aryl methyl sites for hydroxylation is 1. The van der Waals surface area contributed by atoms with E-state index in [4.69, 9.17) is 5.84 Å². The molecule has 0 radical (unpaired) electrons. The molecule has 2 aromatic rings. The van der Waals surface area contributed by atoms with Gasteiger partial charge in [-0.2, -0.15) is 0 Å². The van der Waals surface area contributed by atoms with Crippen molar-refractivity contribution in [2.24, 2.45) is 5.84 Å². The van der Waals surface area contributed by atoms with Crippen molar-refractivity contribution < 1.29 is 0 Å². The van der Waals surface area contributed by atoms with Gasteiger partial charge in [0.2, 0.25) is 0 Å². The summed E-state index contributed by atoms with van der Waals surface area (Å²) in [6.45, 7) is 1.70. The van der Waals surface area contributed by atoms with Crippen molar-refractivity contribution in [2.75, 3.05) is 17.3 Å². The number of nitrogens with zero attached hydrogens (tertiary/aromatic N) is 4. The van der Waals surface area contributed by atoms with Crippen molar-refractivity contribution in [1.82, 2.24) is 20.0 Å². The average Bonchev–Trinajstić information content (AvgIpc) is 2.88. The van der Waals surface area contributed by atoms with Crippen LogP contribution in [0.15, 0.2) is 30.7 Å². The minimum Gasteiger partial charge on any atom is -0.385 e. The fraction of sp³-hybridized carbons (Fsp3) is 0.300. The van der Waals surface area contributed by atoms with E-state index in [2.05, 4.69) is 26.0 Å². The fourth-order valence-corrected chi connectivity index (χ4v) is 1.45. The molecule has 0 aromatic carbocycles. The van der Waals surface area contributed by atoms with E-state index < -0.39 is 0 Å². The quantitative estimate of drug-likeness (QED) is 0.381. The van der Waals surface area contributed by atoms with Crippen molar-refractivity contribution in [2.45, 2.75) is 13.0 Å². The highest BCUT2D eigenvalue weighted by molar-refractivity contribution is 5.51. The lowest BCUT2D eigenvalue weighted by Gasteiger charge is -2.07. The molecule has 17 heavy (non-hydrogen) atoms. The Morgan fingerprint density at radius 3 is 3.06 bits per heavy atom. The van der Waals surface area contributed by atoms with Gasteiger partial charge in [-0.05, 0) is 12.5 Å². The largest absolute Gasteiger partial charge is 0.385 e. The van der Waals surface area contributed by atoms with E-state index in [1.807, 2.05) is 18.3 Å². The van der Waals surface area contributed by atoms with Crippen LogP contribution >= 0.6 is 0 Å². The Labute approximate surface area is 99.0 Å². The van der Waals surface area contributed by atoms with E-state index in [-0.39, 0.29) is 0 Å². The number of hydrogen-bond donors (Lipinski definition) is 3. The Bertz CT molecular complexity index is 440. The molecule has 0 unspecified atom stereocenters. The van der Waals surface area contributed by atoms with E-state index >= 15 is 0 Å². The second-order valence-corrected chi connectivity index (χ2v) is 3.52. The van der Waals surface area contributed by atoms with Crippen molar-refractivity contribution in [1.29, 1.82) is 0 Å². The second kappa shape index (κ2) is 5.80. The van der Waals surface area contributed by atoms with Gasteiger partial charge >= 0.3 is 0 Å². The third-order valence-electron chi connectivity index (χ3n) is 2.27. The number of rotatable bonds is 6. The summed E-state index contributed by atoms with van der Waals surface area (Å²) in [7, 11) is 0. The molecule has 90 valence electrons. The molecule has 7 nitrogen and oxygen atoms in total. The summed E-state index contributed by atoms with van der Waals surface area (Å²) in [5.41, 5.74) is 3.50. The Balaban J connectivity index is 1.74. The van der Waals surface area contributed by atoms with Crippen LogP contribution in [-0.2, 0) is 6.54 Å². The number of anilines is 2. The lowest BCUT2D eigenvalue weighted by atomic mass is 10.3. The molecular formula is C10H15N7. The van der Waals surface area contributed by atoms with Crippen molar-refractivity contribution in [3.8, 4) is 0 Å². The highest BCUT2D eigenvalue weighted by Crippen LogP contribution is 2.10. The molecule has 0 saturated heterocycles. The van der Waals surface area contributed by atoms with Crippen molar-refractivity contribution in [3.05, 3.63) is 30.7 Å². The molecule has 7 heteroatoms. The third kappa shape index (κ3) is 3.42. The van der Waals surface area contributed by atoms with Crippen molar-refractivity contribution in [3.63, 3.8) is 0 Å². The third-order valence-corrected chi connectivity index (χ3v) is 2.27. The van der Waals surface area contributed by atoms with E-state index in [0.717, 1.165) is 25.2 Å². The molecule has 0 aliphatic carbocycles. The minimum atomic E-state index is 0.645. The second-order valence-electron chi connectivity index (χ2n) is 3.52. The summed E-state index contributed by atoms with van der Waals surface area (Å²) in [4.78, 5) is 4.03. The first-order chi connectivity index (χ1) is 8.38. The van der Waals surface area contributed by atoms with Crippen LogP contribution in [-0.4, -0.2) is 26.5 Å². The molecule has 0 spiro atoms. The van der Waals surface area contributed by atoms with Crippen LogP contribution in [0, 0.1) is 0 Å².